The molecule has 154 valence electrons. The van der Waals surface area contributed by atoms with Crippen LogP contribution in [0.2, 0.25) is 0 Å². The van der Waals surface area contributed by atoms with E-state index in [-0.39, 0.29) is 6.03 Å². The summed E-state index contributed by atoms with van der Waals surface area (Å²) in [5.41, 5.74) is 2.52. The number of rotatable bonds is 8. The molecule has 0 aromatic heterocycles. The third kappa shape index (κ3) is 5.88. The molecule has 0 saturated carbocycles. The van der Waals surface area contributed by atoms with Gasteiger partial charge in [-0.3, -0.25) is 4.90 Å². The van der Waals surface area contributed by atoms with Gasteiger partial charge in [-0.05, 0) is 48.9 Å². The highest BCUT2D eigenvalue weighted by Gasteiger charge is 2.15. The van der Waals surface area contributed by atoms with Gasteiger partial charge in [0, 0.05) is 24.0 Å². The fourth-order valence-electron chi connectivity index (χ4n) is 2.94. The zero-order valence-electron chi connectivity index (χ0n) is 17.2. The van der Waals surface area contributed by atoms with Crippen molar-refractivity contribution in [3.63, 3.8) is 0 Å². The van der Waals surface area contributed by atoms with E-state index in [9.17, 15) is 4.79 Å². The quantitative estimate of drug-likeness (QED) is 0.514. The van der Waals surface area contributed by atoms with Gasteiger partial charge in [-0.1, -0.05) is 48.6 Å². The monoisotopic (exact) mass is 402 g/mol. The van der Waals surface area contributed by atoms with Crippen molar-refractivity contribution in [2.45, 2.75) is 6.92 Å². The summed E-state index contributed by atoms with van der Waals surface area (Å²) in [7, 11) is 1.60. The Labute approximate surface area is 177 Å². The summed E-state index contributed by atoms with van der Waals surface area (Å²) in [5.74, 6) is 1.46. The molecule has 0 atom stereocenters. The van der Waals surface area contributed by atoms with Gasteiger partial charge >= 0.3 is 6.03 Å². The molecule has 0 bridgehead atoms. The number of carbonyl (C=O) groups excluding carboxylic acids is 1. The maximum Gasteiger partial charge on any atom is 0.326 e. The van der Waals surface area contributed by atoms with Crippen LogP contribution in [0.25, 0.3) is 6.08 Å². The lowest BCUT2D eigenvalue weighted by Gasteiger charge is -2.22. The number of carbonyl (C=O) groups is 1. The highest BCUT2D eigenvalue weighted by molar-refractivity contribution is 6.02. The number of nitrogens with one attached hydrogen (secondary N) is 1. The van der Waals surface area contributed by atoms with E-state index in [2.05, 4.69) is 5.32 Å². The topological polar surface area (TPSA) is 50.8 Å². The van der Waals surface area contributed by atoms with Crippen molar-refractivity contribution in [3.05, 3.63) is 90.5 Å². The Kier molecular flexibility index (Phi) is 7.50. The maximum absolute atomic E-state index is 13.1. The number of benzene rings is 3. The molecule has 0 fully saturated rings. The van der Waals surface area contributed by atoms with Crippen LogP contribution >= 0.6 is 0 Å². The van der Waals surface area contributed by atoms with Gasteiger partial charge in [0.25, 0.3) is 0 Å². The van der Waals surface area contributed by atoms with Crippen molar-refractivity contribution in [1.82, 2.24) is 0 Å². The van der Waals surface area contributed by atoms with Gasteiger partial charge < -0.3 is 14.8 Å². The highest BCUT2D eigenvalue weighted by Crippen LogP contribution is 2.22. The van der Waals surface area contributed by atoms with Crippen molar-refractivity contribution < 1.29 is 14.3 Å². The molecule has 0 radical (unpaired) electrons. The summed E-state index contributed by atoms with van der Waals surface area (Å²) in [6.07, 6.45) is 3.97. The van der Waals surface area contributed by atoms with E-state index in [1.807, 2.05) is 91.9 Å². The molecule has 5 nitrogen and oxygen atoms in total. The number of urea groups is 1. The van der Waals surface area contributed by atoms with E-state index >= 15 is 0 Å². The Morgan fingerprint density at radius 3 is 2.43 bits per heavy atom. The molecule has 1 N–H and O–H groups in total. The third-order valence-corrected chi connectivity index (χ3v) is 4.42. The first-order valence-electron chi connectivity index (χ1n) is 9.86. The molecule has 30 heavy (non-hydrogen) atoms. The van der Waals surface area contributed by atoms with Crippen molar-refractivity contribution >= 4 is 23.5 Å². The van der Waals surface area contributed by atoms with Crippen LogP contribution in [-0.2, 0) is 0 Å². The summed E-state index contributed by atoms with van der Waals surface area (Å²) < 4.78 is 10.8. The van der Waals surface area contributed by atoms with Gasteiger partial charge in [-0.15, -0.1) is 0 Å². The SMILES string of the molecule is CCOc1ccc(N(CC=Cc2ccccc2)C(=O)Nc2cccc(OC)c2)cc1. The van der Waals surface area contributed by atoms with Crippen LogP contribution in [0.5, 0.6) is 11.5 Å². The normalized spacial score (nSPS) is 10.6. The molecule has 0 heterocycles. The molecule has 0 aliphatic heterocycles. The minimum atomic E-state index is -0.231. The number of methoxy groups -OCH3 is 1. The molecule has 3 rings (SSSR count). The second-order valence-electron chi connectivity index (χ2n) is 6.51. The summed E-state index contributed by atoms with van der Waals surface area (Å²) in [6.45, 7) is 2.95. The predicted octanol–water partition coefficient (Wildman–Crippen LogP) is 5.85. The second-order valence-corrected chi connectivity index (χ2v) is 6.51. The minimum absolute atomic E-state index is 0.231. The zero-order valence-corrected chi connectivity index (χ0v) is 17.2. The number of anilines is 2. The lowest BCUT2D eigenvalue weighted by atomic mass is 10.2. The number of nitrogens with zero attached hydrogens (tertiary/aromatic N) is 1. The van der Waals surface area contributed by atoms with Crippen LogP contribution in [0.15, 0.2) is 84.9 Å². The maximum atomic E-state index is 13.1. The van der Waals surface area contributed by atoms with Crippen LogP contribution in [-0.4, -0.2) is 26.3 Å². The molecular weight excluding hydrogens is 376 g/mol. The third-order valence-electron chi connectivity index (χ3n) is 4.42. The molecule has 2 amide bonds. The fraction of sp³-hybridized carbons (Fsp3) is 0.160. The number of hydrogen-bond acceptors (Lipinski definition) is 3. The molecular formula is C25H26N2O3. The average molecular weight is 402 g/mol. The largest absolute Gasteiger partial charge is 0.497 e. The lowest BCUT2D eigenvalue weighted by molar-refractivity contribution is 0.257. The average Bonchev–Trinajstić information content (AvgIpc) is 2.78. The Balaban J connectivity index is 1.80. The molecule has 0 unspecified atom stereocenters. The van der Waals surface area contributed by atoms with Gasteiger partial charge in [0.1, 0.15) is 11.5 Å². The van der Waals surface area contributed by atoms with Gasteiger partial charge in [0.15, 0.2) is 0 Å². The minimum Gasteiger partial charge on any atom is -0.497 e. The summed E-state index contributed by atoms with van der Waals surface area (Å²) >= 11 is 0. The molecule has 5 heteroatoms. The van der Waals surface area contributed by atoms with E-state index in [0.717, 1.165) is 17.0 Å². The van der Waals surface area contributed by atoms with Gasteiger partial charge in [-0.2, -0.15) is 0 Å². The molecule has 0 spiro atoms. The summed E-state index contributed by atoms with van der Waals surface area (Å²) in [5, 5.41) is 2.95. The molecule has 3 aromatic rings. The lowest BCUT2D eigenvalue weighted by Crippen LogP contribution is -2.35. The molecule has 3 aromatic carbocycles. The highest BCUT2D eigenvalue weighted by atomic mass is 16.5. The van der Waals surface area contributed by atoms with E-state index in [0.29, 0.717) is 24.6 Å². The van der Waals surface area contributed by atoms with E-state index in [1.54, 1.807) is 18.1 Å². The number of amides is 2. The van der Waals surface area contributed by atoms with Crippen LogP contribution < -0.4 is 19.7 Å². The first-order valence-corrected chi connectivity index (χ1v) is 9.86. The first-order chi connectivity index (χ1) is 14.7. The van der Waals surface area contributed by atoms with Crippen molar-refractivity contribution in [1.29, 1.82) is 0 Å². The van der Waals surface area contributed by atoms with Gasteiger partial charge in [-0.25, -0.2) is 4.79 Å². The number of ether oxygens (including phenoxy) is 2. The van der Waals surface area contributed by atoms with Crippen LogP contribution in [0, 0.1) is 0 Å². The van der Waals surface area contributed by atoms with Crippen molar-refractivity contribution in [2.24, 2.45) is 0 Å². The first kappa shape index (κ1) is 21.0. The molecule has 0 saturated heterocycles. The smallest absolute Gasteiger partial charge is 0.326 e. The van der Waals surface area contributed by atoms with Gasteiger partial charge in [0.05, 0.1) is 13.7 Å². The summed E-state index contributed by atoms with van der Waals surface area (Å²) in [4.78, 5) is 14.7. The van der Waals surface area contributed by atoms with Crippen LogP contribution in [0.4, 0.5) is 16.2 Å². The van der Waals surface area contributed by atoms with E-state index in [1.165, 1.54) is 0 Å². The van der Waals surface area contributed by atoms with E-state index in [4.69, 9.17) is 9.47 Å². The molecule has 0 aliphatic rings. The van der Waals surface area contributed by atoms with E-state index < -0.39 is 0 Å². The van der Waals surface area contributed by atoms with Crippen LogP contribution in [0.1, 0.15) is 12.5 Å². The van der Waals surface area contributed by atoms with Gasteiger partial charge in [0.2, 0.25) is 0 Å². The Bertz CT molecular complexity index is 969. The zero-order chi connectivity index (χ0) is 21.2. The Hall–Kier alpha value is -3.73. The van der Waals surface area contributed by atoms with Crippen LogP contribution in [0.3, 0.4) is 0 Å². The Morgan fingerprint density at radius 2 is 1.73 bits per heavy atom. The molecule has 0 aliphatic carbocycles. The standard InChI is InChI=1S/C25H26N2O3/c1-3-30-23-16-14-22(15-17-23)27(18-8-11-20-9-5-4-6-10-20)25(28)26-21-12-7-13-24(19-21)29-2/h4-17,19H,3,18H2,1-2H3,(H,26,28). The van der Waals surface area contributed by atoms with Crippen molar-refractivity contribution in [2.75, 3.05) is 30.5 Å². The van der Waals surface area contributed by atoms with Crippen molar-refractivity contribution in [3.8, 4) is 11.5 Å². The fourth-order valence-corrected chi connectivity index (χ4v) is 2.94. The second kappa shape index (κ2) is 10.7. The summed E-state index contributed by atoms with van der Waals surface area (Å²) in [6, 6.07) is 24.5. The predicted molar refractivity (Wildman–Crippen MR) is 122 cm³/mol. The Morgan fingerprint density at radius 1 is 0.967 bits per heavy atom. The number of hydrogen-bond donors (Lipinski definition) is 1.